The normalized spacial score (nSPS) is 9.93. The molecule has 0 bridgehead atoms. The SMILES string of the molecule is Oc1ccc(Oc2ccncc2Br)cc1. The molecule has 0 spiro atoms. The lowest BCUT2D eigenvalue weighted by atomic mass is 10.3. The average Bonchev–Trinajstić information content (AvgIpc) is 2.25. The third kappa shape index (κ3) is 2.47. The molecule has 1 aromatic carbocycles. The van der Waals surface area contributed by atoms with Gasteiger partial charge in [0.15, 0.2) is 0 Å². The Morgan fingerprint density at radius 1 is 1.13 bits per heavy atom. The maximum atomic E-state index is 9.10. The van der Waals surface area contributed by atoms with Crippen LogP contribution in [-0.4, -0.2) is 10.1 Å². The van der Waals surface area contributed by atoms with Gasteiger partial charge < -0.3 is 9.84 Å². The molecule has 0 aliphatic rings. The molecule has 0 radical (unpaired) electrons. The predicted molar refractivity (Wildman–Crippen MR) is 60.1 cm³/mol. The molecule has 0 saturated carbocycles. The monoisotopic (exact) mass is 265 g/mol. The van der Waals surface area contributed by atoms with E-state index in [-0.39, 0.29) is 5.75 Å². The van der Waals surface area contributed by atoms with Gasteiger partial charge in [0.1, 0.15) is 17.2 Å². The lowest BCUT2D eigenvalue weighted by molar-refractivity contribution is 0.463. The number of nitrogens with zero attached hydrogens (tertiary/aromatic N) is 1. The number of phenolic OH excluding ortho intramolecular Hbond substituents is 1. The first-order chi connectivity index (χ1) is 7.25. The first-order valence-electron chi connectivity index (χ1n) is 4.32. The molecule has 4 heteroatoms. The van der Waals surface area contributed by atoms with Crippen molar-refractivity contribution in [2.45, 2.75) is 0 Å². The molecule has 76 valence electrons. The summed E-state index contributed by atoms with van der Waals surface area (Å²) in [5, 5.41) is 9.10. The molecule has 1 N–H and O–H groups in total. The molecular formula is C11H8BrNO2. The largest absolute Gasteiger partial charge is 0.508 e. The van der Waals surface area contributed by atoms with Gasteiger partial charge in [-0.05, 0) is 40.2 Å². The molecule has 2 rings (SSSR count). The summed E-state index contributed by atoms with van der Waals surface area (Å²) in [5.41, 5.74) is 0. The fraction of sp³-hybridized carbons (Fsp3) is 0. The second-order valence-corrected chi connectivity index (χ2v) is 3.76. The van der Waals surface area contributed by atoms with E-state index in [1.54, 1.807) is 42.7 Å². The van der Waals surface area contributed by atoms with Crippen LogP contribution in [0.15, 0.2) is 47.2 Å². The van der Waals surface area contributed by atoms with Gasteiger partial charge in [-0.25, -0.2) is 0 Å². The Bertz CT molecular complexity index is 456. The summed E-state index contributed by atoms with van der Waals surface area (Å²) in [5.74, 6) is 1.58. The molecule has 0 atom stereocenters. The van der Waals surface area contributed by atoms with Crippen LogP contribution in [0.2, 0.25) is 0 Å². The molecule has 0 amide bonds. The van der Waals surface area contributed by atoms with E-state index in [0.717, 1.165) is 4.47 Å². The standard InChI is InChI=1S/C11H8BrNO2/c12-10-7-13-6-5-11(10)15-9-3-1-8(14)2-4-9/h1-7,14H. The van der Waals surface area contributed by atoms with Crippen LogP contribution in [0.3, 0.4) is 0 Å². The Balaban J connectivity index is 2.22. The van der Waals surface area contributed by atoms with Gasteiger partial charge in [-0.15, -0.1) is 0 Å². The summed E-state index contributed by atoms with van der Waals surface area (Å²) in [4.78, 5) is 3.93. The van der Waals surface area contributed by atoms with Crippen LogP contribution in [0.5, 0.6) is 17.2 Å². The Labute approximate surface area is 95.5 Å². The number of hydrogen-bond donors (Lipinski definition) is 1. The Kier molecular flexibility index (Phi) is 2.87. The van der Waals surface area contributed by atoms with Crippen LogP contribution in [-0.2, 0) is 0 Å². The fourth-order valence-electron chi connectivity index (χ4n) is 1.09. The summed E-state index contributed by atoms with van der Waals surface area (Å²) < 4.78 is 6.36. The van der Waals surface area contributed by atoms with E-state index >= 15 is 0 Å². The molecule has 3 nitrogen and oxygen atoms in total. The Hall–Kier alpha value is -1.55. The van der Waals surface area contributed by atoms with E-state index < -0.39 is 0 Å². The Morgan fingerprint density at radius 2 is 1.87 bits per heavy atom. The highest BCUT2D eigenvalue weighted by molar-refractivity contribution is 9.10. The average molecular weight is 266 g/mol. The fourth-order valence-corrected chi connectivity index (χ4v) is 1.42. The van der Waals surface area contributed by atoms with Crippen LogP contribution >= 0.6 is 15.9 Å². The van der Waals surface area contributed by atoms with Crippen LogP contribution in [0.4, 0.5) is 0 Å². The maximum absolute atomic E-state index is 9.10. The summed E-state index contributed by atoms with van der Waals surface area (Å²) in [7, 11) is 0. The van der Waals surface area contributed by atoms with Crippen LogP contribution in [0, 0.1) is 0 Å². The van der Waals surface area contributed by atoms with Crippen LogP contribution < -0.4 is 4.74 Å². The topological polar surface area (TPSA) is 42.4 Å². The molecule has 15 heavy (non-hydrogen) atoms. The Morgan fingerprint density at radius 3 is 2.53 bits per heavy atom. The third-order valence-electron chi connectivity index (χ3n) is 1.80. The highest BCUT2D eigenvalue weighted by Crippen LogP contribution is 2.28. The number of benzene rings is 1. The van der Waals surface area contributed by atoms with Gasteiger partial charge in [0.2, 0.25) is 0 Å². The quantitative estimate of drug-likeness (QED) is 0.906. The van der Waals surface area contributed by atoms with Crippen LogP contribution in [0.25, 0.3) is 0 Å². The van der Waals surface area contributed by atoms with Crippen molar-refractivity contribution in [3.63, 3.8) is 0 Å². The zero-order chi connectivity index (χ0) is 10.7. The summed E-state index contributed by atoms with van der Waals surface area (Å²) >= 11 is 3.33. The number of rotatable bonds is 2. The summed E-state index contributed by atoms with van der Waals surface area (Å²) in [6.07, 6.45) is 3.32. The van der Waals surface area contributed by atoms with Crippen molar-refractivity contribution in [1.82, 2.24) is 4.98 Å². The van der Waals surface area contributed by atoms with E-state index in [0.29, 0.717) is 11.5 Å². The van der Waals surface area contributed by atoms with Gasteiger partial charge in [-0.2, -0.15) is 0 Å². The van der Waals surface area contributed by atoms with E-state index in [1.807, 2.05) is 0 Å². The predicted octanol–water partition coefficient (Wildman–Crippen LogP) is 3.34. The first-order valence-corrected chi connectivity index (χ1v) is 5.11. The van der Waals surface area contributed by atoms with Gasteiger partial charge in [-0.1, -0.05) is 0 Å². The highest BCUT2D eigenvalue weighted by Gasteiger charge is 2.01. The molecule has 0 aliphatic carbocycles. The van der Waals surface area contributed by atoms with Crippen molar-refractivity contribution in [2.24, 2.45) is 0 Å². The molecule has 0 fully saturated rings. The van der Waals surface area contributed by atoms with Crippen molar-refractivity contribution in [3.05, 3.63) is 47.2 Å². The molecule has 1 aromatic heterocycles. The minimum absolute atomic E-state index is 0.219. The van der Waals surface area contributed by atoms with Crippen molar-refractivity contribution in [2.75, 3.05) is 0 Å². The number of aromatic nitrogens is 1. The lowest BCUT2D eigenvalue weighted by Gasteiger charge is -2.06. The van der Waals surface area contributed by atoms with Crippen molar-refractivity contribution in [1.29, 1.82) is 0 Å². The number of halogens is 1. The first kappa shape index (κ1) is 9.98. The van der Waals surface area contributed by atoms with Crippen molar-refractivity contribution >= 4 is 15.9 Å². The number of aromatic hydroxyl groups is 1. The van der Waals surface area contributed by atoms with E-state index in [9.17, 15) is 0 Å². The third-order valence-corrected chi connectivity index (χ3v) is 2.40. The lowest BCUT2D eigenvalue weighted by Crippen LogP contribution is -1.85. The van der Waals surface area contributed by atoms with Gasteiger partial charge >= 0.3 is 0 Å². The number of hydrogen-bond acceptors (Lipinski definition) is 3. The van der Waals surface area contributed by atoms with E-state index in [4.69, 9.17) is 9.84 Å². The van der Waals surface area contributed by atoms with Gasteiger partial charge in [0, 0.05) is 18.5 Å². The molecule has 2 aromatic rings. The van der Waals surface area contributed by atoms with E-state index in [1.165, 1.54) is 0 Å². The minimum atomic E-state index is 0.219. The second-order valence-electron chi connectivity index (χ2n) is 2.90. The summed E-state index contributed by atoms with van der Waals surface area (Å²) in [6, 6.07) is 8.30. The highest BCUT2D eigenvalue weighted by atomic mass is 79.9. The smallest absolute Gasteiger partial charge is 0.144 e. The van der Waals surface area contributed by atoms with E-state index in [2.05, 4.69) is 20.9 Å². The summed E-state index contributed by atoms with van der Waals surface area (Å²) in [6.45, 7) is 0. The van der Waals surface area contributed by atoms with Crippen molar-refractivity contribution < 1.29 is 9.84 Å². The van der Waals surface area contributed by atoms with Crippen LogP contribution in [0.1, 0.15) is 0 Å². The number of phenols is 1. The molecule has 0 unspecified atom stereocenters. The molecule has 0 saturated heterocycles. The molecule has 1 heterocycles. The van der Waals surface area contributed by atoms with Gasteiger partial charge in [-0.3, -0.25) is 4.98 Å². The van der Waals surface area contributed by atoms with Gasteiger partial charge in [0.25, 0.3) is 0 Å². The zero-order valence-electron chi connectivity index (χ0n) is 7.72. The number of pyridine rings is 1. The van der Waals surface area contributed by atoms with Crippen molar-refractivity contribution in [3.8, 4) is 17.2 Å². The second kappa shape index (κ2) is 4.31. The molecular weight excluding hydrogens is 258 g/mol. The zero-order valence-corrected chi connectivity index (χ0v) is 9.31. The number of ether oxygens (including phenoxy) is 1. The minimum Gasteiger partial charge on any atom is -0.508 e. The molecule has 0 aliphatic heterocycles. The maximum Gasteiger partial charge on any atom is 0.144 e. The van der Waals surface area contributed by atoms with Gasteiger partial charge in [0.05, 0.1) is 4.47 Å².